The molecule has 5 heteroatoms. The summed E-state index contributed by atoms with van der Waals surface area (Å²) in [5.41, 5.74) is 5.23. The van der Waals surface area contributed by atoms with Crippen LogP contribution in [0.1, 0.15) is 6.92 Å². The highest BCUT2D eigenvalue weighted by molar-refractivity contribution is 14.2. The molecule has 0 aliphatic rings. The zero-order valence-electron chi connectivity index (χ0n) is 5.67. The van der Waals surface area contributed by atoms with E-state index in [1.54, 1.807) is 15.9 Å². The molecule has 0 aromatic heterocycles. The van der Waals surface area contributed by atoms with Crippen LogP contribution in [0.15, 0.2) is 0 Å². The zero-order chi connectivity index (χ0) is 7.98. The maximum atomic E-state index is 10.7. The molecule has 0 aliphatic carbocycles. The van der Waals surface area contributed by atoms with Gasteiger partial charge in [-0.2, -0.15) is 0 Å². The number of hydrogen-bond donors (Lipinski definition) is 1. The fraction of sp³-hybridized carbons (Fsp3) is 0.800. The van der Waals surface area contributed by atoms with Gasteiger partial charge < -0.3 is 10.5 Å². The number of ether oxygens (including phenoxy) is 1. The lowest BCUT2D eigenvalue weighted by Crippen LogP contribution is -2.29. The van der Waals surface area contributed by atoms with Gasteiger partial charge in [0.15, 0.2) is 0 Å². The van der Waals surface area contributed by atoms with Gasteiger partial charge in [-0.05, 0) is 28.1 Å². The molecular weight excluding hydrogens is 265 g/mol. The minimum absolute atomic E-state index is 0.328. The lowest BCUT2D eigenvalue weighted by atomic mass is 10.4. The minimum atomic E-state index is -0.501. The van der Waals surface area contributed by atoms with Gasteiger partial charge in [-0.1, -0.05) is 8.93 Å². The summed E-state index contributed by atoms with van der Waals surface area (Å²) in [5, 5.41) is 0. The van der Waals surface area contributed by atoms with Gasteiger partial charge >= 0.3 is 5.97 Å². The van der Waals surface area contributed by atoms with Crippen LogP contribution in [-0.4, -0.2) is 24.4 Å². The van der Waals surface area contributed by atoms with Gasteiger partial charge in [-0.3, -0.25) is 4.79 Å². The normalized spacial score (nSPS) is 12.7. The van der Waals surface area contributed by atoms with E-state index in [9.17, 15) is 4.79 Å². The van der Waals surface area contributed by atoms with E-state index < -0.39 is 6.04 Å². The third-order valence-electron chi connectivity index (χ3n) is 0.777. The predicted octanol–water partition coefficient (Wildman–Crippen LogP) is 0.960. The van der Waals surface area contributed by atoms with Crippen molar-refractivity contribution in [2.24, 2.45) is 5.73 Å². The number of esters is 1. The van der Waals surface area contributed by atoms with Crippen molar-refractivity contribution in [2.45, 2.75) is 13.0 Å². The Labute approximate surface area is 76.6 Å². The Balaban J connectivity index is 3.22. The number of nitrogens with two attached hydrogens (primary N) is 1. The van der Waals surface area contributed by atoms with Gasteiger partial charge in [-0.25, -0.2) is 0 Å². The summed E-state index contributed by atoms with van der Waals surface area (Å²) in [6.45, 7) is 2.06. The summed E-state index contributed by atoms with van der Waals surface area (Å²) in [7, 11) is 1.61. The SMILES string of the molecule is CC(N)C(=O)OCCSI. The Morgan fingerprint density at radius 1 is 1.90 bits per heavy atom. The summed E-state index contributed by atoms with van der Waals surface area (Å²) in [6.07, 6.45) is 0. The van der Waals surface area contributed by atoms with Crippen LogP contribution in [0.2, 0.25) is 0 Å². The van der Waals surface area contributed by atoms with E-state index in [4.69, 9.17) is 10.5 Å². The first-order valence-electron chi connectivity index (χ1n) is 2.84. The molecule has 0 bridgehead atoms. The monoisotopic (exact) mass is 275 g/mol. The zero-order valence-corrected chi connectivity index (χ0v) is 8.65. The minimum Gasteiger partial charge on any atom is -0.464 e. The van der Waals surface area contributed by atoms with Crippen LogP contribution in [-0.2, 0) is 9.53 Å². The van der Waals surface area contributed by atoms with Crippen LogP contribution < -0.4 is 5.73 Å². The van der Waals surface area contributed by atoms with Crippen LogP contribution in [0.5, 0.6) is 0 Å². The van der Waals surface area contributed by atoms with E-state index >= 15 is 0 Å². The second kappa shape index (κ2) is 6.23. The standard InChI is InChI=1S/C5H10INO2S/c1-4(7)5(8)9-2-3-10-6/h4H,2-3,7H2,1H3. The van der Waals surface area contributed by atoms with E-state index in [1.165, 1.54) is 0 Å². The third-order valence-corrected chi connectivity index (χ3v) is 2.42. The van der Waals surface area contributed by atoms with Crippen molar-refractivity contribution in [3.8, 4) is 0 Å². The molecule has 0 aliphatic heterocycles. The van der Waals surface area contributed by atoms with Crippen LogP contribution in [0.4, 0.5) is 0 Å². The molecule has 0 saturated heterocycles. The lowest BCUT2D eigenvalue weighted by molar-refractivity contribution is -0.144. The van der Waals surface area contributed by atoms with Crippen molar-refractivity contribution in [3.63, 3.8) is 0 Å². The van der Waals surface area contributed by atoms with Crippen molar-refractivity contribution >= 4 is 36.1 Å². The molecule has 10 heavy (non-hydrogen) atoms. The predicted molar refractivity (Wildman–Crippen MR) is 51.1 cm³/mol. The first-order valence-corrected chi connectivity index (χ1v) is 6.37. The van der Waals surface area contributed by atoms with Crippen molar-refractivity contribution in [1.82, 2.24) is 0 Å². The molecule has 1 unspecified atom stereocenters. The molecule has 0 aromatic carbocycles. The molecule has 1 atom stereocenters. The second-order valence-corrected chi connectivity index (χ2v) is 4.26. The van der Waals surface area contributed by atoms with Gasteiger partial charge in [0.2, 0.25) is 0 Å². The number of rotatable bonds is 4. The Bertz CT molecular complexity index is 110. The lowest BCUT2D eigenvalue weighted by Gasteiger charge is -2.04. The van der Waals surface area contributed by atoms with Gasteiger partial charge in [0.05, 0.1) is 0 Å². The average Bonchev–Trinajstić information content (AvgIpc) is 1.88. The van der Waals surface area contributed by atoms with Crippen molar-refractivity contribution in [3.05, 3.63) is 0 Å². The summed E-state index contributed by atoms with van der Waals surface area (Å²) >= 11 is 2.15. The highest BCUT2D eigenvalue weighted by Crippen LogP contribution is 2.09. The largest absolute Gasteiger partial charge is 0.464 e. The summed E-state index contributed by atoms with van der Waals surface area (Å²) in [4.78, 5) is 10.7. The highest BCUT2D eigenvalue weighted by atomic mass is 127. The molecule has 0 radical (unpaired) electrons. The van der Waals surface area contributed by atoms with Crippen LogP contribution in [0.25, 0.3) is 0 Å². The molecule has 0 fully saturated rings. The van der Waals surface area contributed by atoms with Gasteiger partial charge in [0.1, 0.15) is 12.6 Å². The number of carbonyl (C=O) groups is 1. The summed E-state index contributed by atoms with van der Waals surface area (Å²) in [6, 6.07) is -0.501. The summed E-state index contributed by atoms with van der Waals surface area (Å²) in [5.74, 6) is 0.490. The van der Waals surface area contributed by atoms with E-state index in [0.29, 0.717) is 6.61 Å². The molecule has 3 nitrogen and oxygen atoms in total. The van der Waals surface area contributed by atoms with E-state index in [1.807, 2.05) is 0 Å². The maximum Gasteiger partial charge on any atom is 0.322 e. The van der Waals surface area contributed by atoms with Crippen molar-refractivity contribution in [2.75, 3.05) is 12.4 Å². The molecule has 0 amide bonds. The second-order valence-electron chi connectivity index (χ2n) is 1.77. The maximum absolute atomic E-state index is 10.7. The average molecular weight is 275 g/mol. The molecule has 0 heterocycles. The van der Waals surface area contributed by atoms with E-state index in [-0.39, 0.29) is 5.97 Å². The Morgan fingerprint density at radius 3 is 2.90 bits per heavy atom. The number of halogens is 1. The van der Waals surface area contributed by atoms with E-state index in [2.05, 4.69) is 21.2 Å². The number of carbonyl (C=O) groups excluding carboxylic acids is 1. The molecule has 0 spiro atoms. The first kappa shape index (κ1) is 10.5. The van der Waals surface area contributed by atoms with Crippen molar-refractivity contribution in [1.29, 1.82) is 0 Å². The molecule has 0 rings (SSSR count). The topological polar surface area (TPSA) is 52.3 Å². The Morgan fingerprint density at radius 2 is 2.50 bits per heavy atom. The Hall–Kier alpha value is 0.510. The smallest absolute Gasteiger partial charge is 0.322 e. The van der Waals surface area contributed by atoms with Crippen LogP contribution in [0.3, 0.4) is 0 Å². The van der Waals surface area contributed by atoms with Crippen LogP contribution >= 0.6 is 30.1 Å². The molecule has 2 N–H and O–H groups in total. The van der Waals surface area contributed by atoms with Crippen molar-refractivity contribution < 1.29 is 9.53 Å². The fourth-order valence-corrected chi connectivity index (χ4v) is 0.991. The van der Waals surface area contributed by atoms with Gasteiger partial charge in [-0.15, -0.1) is 0 Å². The van der Waals surface area contributed by atoms with E-state index in [0.717, 1.165) is 5.75 Å². The van der Waals surface area contributed by atoms with Gasteiger partial charge in [0, 0.05) is 5.75 Å². The highest BCUT2D eigenvalue weighted by Gasteiger charge is 2.06. The molecule has 60 valence electrons. The third kappa shape index (κ3) is 5.31. The Kier molecular flexibility index (Phi) is 6.55. The van der Waals surface area contributed by atoms with Crippen LogP contribution in [0, 0.1) is 0 Å². The molecule has 0 aromatic rings. The number of hydrogen-bond acceptors (Lipinski definition) is 4. The fourth-order valence-electron chi connectivity index (χ4n) is 0.305. The summed E-state index contributed by atoms with van der Waals surface area (Å²) < 4.78 is 4.75. The quantitative estimate of drug-likeness (QED) is 0.471. The van der Waals surface area contributed by atoms with Gasteiger partial charge in [0.25, 0.3) is 0 Å². The molecular formula is C5H10INO2S. The first-order chi connectivity index (χ1) is 4.68. The molecule has 0 saturated carbocycles.